The average molecular weight is 210 g/mol. The zero-order valence-corrected chi connectivity index (χ0v) is 9.35. The van der Waals surface area contributed by atoms with E-state index in [1.165, 1.54) is 11.1 Å². The maximum atomic E-state index is 4.70. The maximum Gasteiger partial charge on any atom is 0.136 e. The molecule has 0 aliphatic heterocycles. The maximum absolute atomic E-state index is 4.70. The van der Waals surface area contributed by atoms with Crippen LogP contribution in [0.15, 0.2) is 42.5 Å². The molecule has 0 radical (unpaired) electrons. The van der Waals surface area contributed by atoms with E-state index in [4.69, 9.17) is 4.98 Å². The Labute approximate surface area is 94.9 Å². The van der Waals surface area contributed by atoms with E-state index in [1.54, 1.807) is 0 Å². The second-order valence-corrected chi connectivity index (χ2v) is 4.14. The van der Waals surface area contributed by atoms with Crippen LogP contribution in [0.5, 0.6) is 0 Å². The van der Waals surface area contributed by atoms with Crippen molar-refractivity contribution in [1.82, 2.24) is 9.55 Å². The van der Waals surface area contributed by atoms with Gasteiger partial charge in [-0.2, -0.15) is 0 Å². The minimum absolute atomic E-state index is 1.08. The Hall–Kier alpha value is -1.83. The van der Waals surface area contributed by atoms with Crippen LogP contribution in [0.2, 0.25) is 0 Å². The van der Waals surface area contributed by atoms with E-state index < -0.39 is 0 Å². The monoisotopic (exact) mass is 210 g/mol. The van der Waals surface area contributed by atoms with Crippen LogP contribution in [0.3, 0.4) is 0 Å². The minimum atomic E-state index is 1.08. The summed E-state index contributed by atoms with van der Waals surface area (Å²) in [5, 5.41) is 0. The molecule has 1 heterocycles. The van der Waals surface area contributed by atoms with Gasteiger partial charge in [0, 0.05) is 7.05 Å². The Morgan fingerprint density at radius 2 is 2.12 bits per heavy atom. The molecule has 1 aromatic heterocycles. The van der Waals surface area contributed by atoms with Gasteiger partial charge in [-0.1, -0.05) is 30.4 Å². The fourth-order valence-electron chi connectivity index (χ4n) is 2.22. The van der Waals surface area contributed by atoms with E-state index in [-0.39, 0.29) is 0 Å². The molecule has 0 unspecified atom stereocenters. The van der Waals surface area contributed by atoms with Crippen molar-refractivity contribution in [1.29, 1.82) is 0 Å². The molecule has 1 aromatic carbocycles. The standard InChI is InChI=1S/C14H14N2/c1-16-13-10-6-5-9-12(13)15-14(16)11-7-3-2-4-8-11/h2-3,5-7,9-10H,4,8H2,1H3. The van der Waals surface area contributed by atoms with Crippen molar-refractivity contribution < 1.29 is 0 Å². The van der Waals surface area contributed by atoms with Crippen molar-refractivity contribution in [3.05, 3.63) is 48.3 Å². The van der Waals surface area contributed by atoms with Crippen molar-refractivity contribution >= 4 is 16.6 Å². The first-order chi connectivity index (χ1) is 7.86. The summed E-state index contributed by atoms with van der Waals surface area (Å²) in [7, 11) is 2.09. The minimum Gasteiger partial charge on any atom is -0.327 e. The number of aromatic nitrogens is 2. The van der Waals surface area contributed by atoms with Gasteiger partial charge in [-0.05, 0) is 30.5 Å². The summed E-state index contributed by atoms with van der Waals surface area (Å²) in [6, 6.07) is 8.28. The predicted octanol–water partition coefficient (Wildman–Crippen LogP) is 3.31. The number of para-hydroxylation sites is 2. The lowest BCUT2D eigenvalue weighted by molar-refractivity contribution is 0.897. The lowest BCUT2D eigenvalue weighted by Crippen LogP contribution is -1.98. The largest absolute Gasteiger partial charge is 0.327 e. The van der Waals surface area contributed by atoms with E-state index in [0.29, 0.717) is 0 Å². The summed E-state index contributed by atoms with van der Waals surface area (Å²) in [5.74, 6) is 1.10. The molecular formula is C14H14N2. The average Bonchev–Trinajstić information content (AvgIpc) is 2.69. The van der Waals surface area contributed by atoms with Gasteiger partial charge in [0.15, 0.2) is 0 Å². The smallest absolute Gasteiger partial charge is 0.136 e. The van der Waals surface area contributed by atoms with Gasteiger partial charge in [0.1, 0.15) is 5.82 Å². The first-order valence-corrected chi connectivity index (χ1v) is 5.64. The van der Waals surface area contributed by atoms with Gasteiger partial charge >= 0.3 is 0 Å². The highest BCUT2D eigenvalue weighted by atomic mass is 15.1. The fourth-order valence-corrected chi connectivity index (χ4v) is 2.22. The Kier molecular flexibility index (Phi) is 2.13. The zero-order chi connectivity index (χ0) is 11.0. The second-order valence-electron chi connectivity index (χ2n) is 4.14. The Balaban J connectivity index is 2.20. The molecule has 0 N–H and O–H groups in total. The Morgan fingerprint density at radius 3 is 2.88 bits per heavy atom. The van der Waals surface area contributed by atoms with E-state index in [9.17, 15) is 0 Å². The second kappa shape index (κ2) is 3.63. The number of hydrogen-bond acceptors (Lipinski definition) is 1. The van der Waals surface area contributed by atoms with E-state index in [2.05, 4.69) is 48.0 Å². The number of allylic oxidation sites excluding steroid dienone is 4. The van der Waals surface area contributed by atoms with Crippen molar-refractivity contribution in [2.45, 2.75) is 12.8 Å². The van der Waals surface area contributed by atoms with Crippen LogP contribution in [0.25, 0.3) is 16.6 Å². The summed E-state index contributed by atoms with van der Waals surface area (Å²) in [4.78, 5) is 4.70. The van der Waals surface area contributed by atoms with Gasteiger partial charge < -0.3 is 4.57 Å². The van der Waals surface area contributed by atoms with Crippen molar-refractivity contribution in [2.75, 3.05) is 0 Å². The summed E-state index contributed by atoms with van der Waals surface area (Å²) in [6.45, 7) is 0. The quantitative estimate of drug-likeness (QED) is 0.706. The summed E-state index contributed by atoms with van der Waals surface area (Å²) in [6.07, 6.45) is 8.71. The van der Waals surface area contributed by atoms with Crippen molar-refractivity contribution in [2.24, 2.45) is 7.05 Å². The summed E-state index contributed by atoms with van der Waals surface area (Å²) < 4.78 is 2.18. The number of hydrogen-bond donors (Lipinski definition) is 0. The molecule has 1 aliphatic rings. The molecule has 0 spiro atoms. The van der Waals surface area contributed by atoms with Crippen molar-refractivity contribution in [3.8, 4) is 0 Å². The molecule has 1 aliphatic carbocycles. The zero-order valence-electron chi connectivity index (χ0n) is 9.35. The van der Waals surface area contributed by atoms with Crippen LogP contribution >= 0.6 is 0 Å². The molecule has 0 saturated carbocycles. The molecule has 0 fully saturated rings. The van der Waals surface area contributed by atoms with Gasteiger partial charge in [0.25, 0.3) is 0 Å². The van der Waals surface area contributed by atoms with Crippen LogP contribution in [0.4, 0.5) is 0 Å². The highest BCUT2D eigenvalue weighted by Crippen LogP contribution is 2.25. The molecule has 80 valence electrons. The molecule has 2 heteroatoms. The molecule has 3 rings (SSSR count). The van der Waals surface area contributed by atoms with E-state index in [1.807, 2.05) is 6.07 Å². The van der Waals surface area contributed by atoms with Crippen LogP contribution in [0.1, 0.15) is 18.7 Å². The summed E-state index contributed by atoms with van der Waals surface area (Å²) >= 11 is 0. The van der Waals surface area contributed by atoms with Crippen LogP contribution < -0.4 is 0 Å². The third-order valence-corrected chi connectivity index (χ3v) is 3.09. The van der Waals surface area contributed by atoms with Gasteiger partial charge in [-0.15, -0.1) is 0 Å². The van der Waals surface area contributed by atoms with Crippen molar-refractivity contribution in [3.63, 3.8) is 0 Å². The van der Waals surface area contributed by atoms with Gasteiger partial charge in [-0.25, -0.2) is 4.98 Å². The number of imidazole rings is 1. The van der Waals surface area contributed by atoms with Crippen LogP contribution in [-0.2, 0) is 7.05 Å². The van der Waals surface area contributed by atoms with Crippen LogP contribution in [0, 0.1) is 0 Å². The molecule has 0 saturated heterocycles. The number of rotatable bonds is 1. The molecular weight excluding hydrogens is 196 g/mol. The van der Waals surface area contributed by atoms with Gasteiger partial charge in [0.05, 0.1) is 11.0 Å². The number of nitrogens with zero attached hydrogens (tertiary/aromatic N) is 2. The van der Waals surface area contributed by atoms with Gasteiger partial charge in [0.2, 0.25) is 0 Å². The first kappa shape index (κ1) is 9.40. The number of aryl methyl sites for hydroxylation is 1. The normalized spacial score (nSPS) is 15.4. The highest BCUT2D eigenvalue weighted by Gasteiger charge is 2.11. The highest BCUT2D eigenvalue weighted by molar-refractivity contribution is 5.80. The molecule has 0 bridgehead atoms. The number of benzene rings is 1. The molecule has 16 heavy (non-hydrogen) atoms. The molecule has 2 nitrogen and oxygen atoms in total. The van der Waals surface area contributed by atoms with E-state index in [0.717, 1.165) is 24.2 Å². The van der Waals surface area contributed by atoms with Crippen LogP contribution in [-0.4, -0.2) is 9.55 Å². The van der Waals surface area contributed by atoms with E-state index >= 15 is 0 Å². The predicted molar refractivity (Wildman–Crippen MR) is 67.1 cm³/mol. The molecule has 0 atom stereocenters. The third kappa shape index (κ3) is 1.38. The molecule has 2 aromatic rings. The topological polar surface area (TPSA) is 17.8 Å². The molecule has 0 amide bonds. The SMILES string of the molecule is Cn1c(C2=CC=CCC2)nc2ccccc21. The third-order valence-electron chi connectivity index (χ3n) is 3.09. The lowest BCUT2D eigenvalue weighted by Gasteiger charge is -2.08. The Morgan fingerprint density at radius 1 is 1.25 bits per heavy atom. The lowest BCUT2D eigenvalue weighted by atomic mass is 10.0. The fraction of sp³-hybridized carbons (Fsp3) is 0.214. The Bertz CT molecular complexity index is 588. The number of fused-ring (bicyclic) bond motifs is 1. The van der Waals surface area contributed by atoms with Gasteiger partial charge in [-0.3, -0.25) is 0 Å². The first-order valence-electron chi connectivity index (χ1n) is 5.64. The summed E-state index contributed by atoms with van der Waals surface area (Å²) in [5.41, 5.74) is 3.62.